The van der Waals surface area contributed by atoms with Crippen LogP contribution < -0.4 is 5.32 Å². The van der Waals surface area contributed by atoms with E-state index in [0.29, 0.717) is 0 Å². The molecule has 0 radical (unpaired) electrons. The fraction of sp³-hybridized carbons (Fsp3) is 0.818. The second-order valence-electron chi connectivity index (χ2n) is 4.14. The molecule has 1 aliphatic heterocycles. The molecule has 0 bridgehead atoms. The first-order chi connectivity index (χ1) is 8.97. The summed E-state index contributed by atoms with van der Waals surface area (Å²) in [5.74, 6) is -3.01. The molecule has 2 atom stereocenters. The molecule has 2 unspecified atom stereocenters. The molecule has 0 aliphatic carbocycles. The Morgan fingerprint density at radius 3 is 2.21 bits per heavy atom. The van der Waals surface area contributed by atoms with E-state index in [-0.39, 0.29) is 19.0 Å². The van der Waals surface area contributed by atoms with Gasteiger partial charge in [0.1, 0.15) is 0 Å². The van der Waals surface area contributed by atoms with E-state index in [1.54, 1.807) is 0 Å². The van der Waals surface area contributed by atoms with Crippen LogP contribution in [0.1, 0.15) is 25.7 Å². The Kier molecular flexibility index (Phi) is 10.7. The second kappa shape index (κ2) is 11.1. The van der Waals surface area contributed by atoms with Crippen molar-refractivity contribution in [2.75, 3.05) is 26.4 Å². The Balaban J connectivity index is 0.000000532. The van der Waals surface area contributed by atoms with Gasteiger partial charge in [0.25, 0.3) is 0 Å². The Hall–Kier alpha value is -0.750. The van der Waals surface area contributed by atoms with Gasteiger partial charge < -0.3 is 24.9 Å². The monoisotopic (exact) mass is 295 g/mol. The van der Waals surface area contributed by atoms with Crippen molar-refractivity contribution in [3.8, 4) is 0 Å². The largest absolute Gasteiger partial charge is 0.481 e. The van der Waals surface area contributed by atoms with Crippen LogP contribution in [0.25, 0.3) is 0 Å². The lowest BCUT2D eigenvalue weighted by Gasteiger charge is -2.13. The van der Waals surface area contributed by atoms with E-state index < -0.39 is 26.2 Å². The molecular formula is C11H22NO6P. The zero-order chi connectivity index (χ0) is 14.7. The lowest BCUT2D eigenvalue weighted by atomic mass is 10.1. The normalized spacial score (nSPS) is 17.2. The van der Waals surface area contributed by atoms with Crippen LogP contribution in [0, 0.1) is 5.92 Å². The summed E-state index contributed by atoms with van der Waals surface area (Å²) in [7, 11) is -0.475. The molecule has 112 valence electrons. The maximum Gasteiger partial charge on any atom is 0.307 e. The number of nitrogens with one attached hydrogen (secondary N) is 1. The van der Waals surface area contributed by atoms with Crippen LogP contribution in [0.5, 0.6) is 0 Å². The van der Waals surface area contributed by atoms with Gasteiger partial charge in [-0.3, -0.25) is 9.59 Å². The molecule has 7 nitrogen and oxygen atoms in total. The molecule has 1 heterocycles. The molecule has 1 fully saturated rings. The molecule has 8 heteroatoms. The van der Waals surface area contributed by atoms with Crippen molar-refractivity contribution in [2.45, 2.75) is 25.7 Å². The minimum atomic E-state index is -1.75. The van der Waals surface area contributed by atoms with Crippen molar-refractivity contribution in [2.24, 2.45) is 5.92 Å². The van der Waals surface area contributed by atoms with Gasteiger partial charge in [0, 0.05) is 19.7 Å². The number of hydrogen-bond acceptors (Lipinski definition) is 5. The Bertz CT molecular complexity index is 264. The first kappa shape index (κ1) is 18.2. The third-order valence-corrected chi connectivity index (χ3v) is 3.77. The van der Waals surface area contributed by atoms with Crippen LogP contribution in [-0.4, -0.2) is 53.4 Å². The summed E-state index contributed by atoms with van der Waals surface area (Å²) in [4.78, 5) is 29.9. The Morgan fingerprint density at radius 2 is 1.89 bits per heavy atom. The zero-order valence-corrected chi connectivity index (χ0v) is 11.9. The highest BCUT2D eigenvalue weighted by molar-refractivity contribution is 7.46. The number of carboxylic acids is 2. The Labute approximate surface area is 113 Å². The highest BCUT2D eigenvalue weighted by atomic mass is 31.2. The van der Waals surface area contributed by atoms with Gasteiger partial charge in [-0.05, 0) is 32.4 Å². The van der Waals surface area contributed by atoms with Gasteiger partial charge >= 0.3 is 11.9 Å². The minimum Gasteiger partial charge on any atom is -0.481 e. The fourth-order valence-corrected chi connectivity index (χ4v) is 2.34. The van der Waals surface area contributed by atoms with Gasteiger partial charge in [-0.15, -0.1) is 0 Å². The van der Waals surface area contributed by atoms with Crippen molar-refractivity contribution in [3.05, 3.63) is 0 Å². The van der Waals surface area contributed by atoms with Gasteiger partial charge in [0.15, 0.2) is 8.38 Å². The van der Waals surface area contributed by atoms with Gasteiger partial charge in [-0.2, -0.15) is 0 Å². The van der Waals surface area contributed by atoms with Gasteiger partial charge in [0.2, 0.25) is 0 Å². The van der Waals surface area contributed by atoms with Crippen LogP contribution in [-0.2, 0) is 14.1 Å². The molecule has 19 heavy (non-hydrogen) atoms. The van der Waals surface area contributed by atoms with Crippen molar-refractivity contribution in [1.29, 1.82) is 0 Å². The number of carboxylic acid groups (broad SMARTS) is 2. The van der Waals surface area contributed by atoms with Crippen molar-refractivity contribution in [1.82, 2.24) is 5.32 Å². The first-order valence-corrected chi connectivity index (χ1v) is 7.53. The summed E-state index contributed by atoms with van der Waals surface area (Å²) in [6.45, 7) is 2.50. The predicted octanol–water partition coefficient (Wildman–Crippen LogP) is 0.872. The molecule has 0 aromatic carbocycles. The SMILES string of the molecule is C1CCNC1.COP(O)CC(CCC(=O)O)C(=O)O. The summed E-state index contributed by atoms with van der Waals surface area (Å²) in [5, 5.41) is 20.3. The maximum atomic E-state index is 10.6. The molecule has 0 aromatic rings. The molecule has 0 spiro atoms. The lowest BCUT2D eigenvalue weighted by Crippen LogP contribution is -2.18. The van der Waals surface area contributed by atoms with E-state index >= 15 is 0 Å². The van der Waals surface area contributed by atoms with E-state index in [0.717, 1.165) is 0 Å². The summed E-state index contributed by atoms with van der Waals surface area (Å²) in [6, 6.07) is 0. The number of aliphatic carboxylic acids is 2. The molecule has 0 amide bonds. The molecule has 1 aliphatic rings. The molecule has 4 N–H and O–H groups in total. The van der Waals surface area contributed by atoms with Crippen LogP contribution in [0.15, 0.2) is 0 Å². The predicted molar refractivity (Wildman–Crippen MR) is 71.1 cm³/mol. The smallest absolute Gasteiger partial charge is 0.307 e. The quantitative estimate of drug-likeness (QED) is 0.515. The molecule has 1 rings (SSSR count). The summed E-state index contributed by atoms with van der Waals surface area (Å²) in [6.07, 6.45) is 2.53. The van der Waals surface area contributed by atoms with Crippen molar-refractivity contribution >= 4 is 20.3 Å². The van der Waals surface area contributed by atoms with Crippen molar-refractivity contribution in [3.63, 3.8) is 0 Å². The van der Waals surface area contributed by atoms with Crippen LogP contribution in [0.3, 0.4) is 0 Å². The van der Waals surface area contributed by atoms with E-state index in [4.69, 9.17) is 15.1 Å². The summed E-state index contributed by atoms with van der Waals surface area (Å²) < 4.78 is 4.55. The summed E-state index contributed by atoms with van der Waals surface area (Å²) in [5.41, 5.74) is 0. The fourth-order valence-electron chi connectivity index (χ4n) is 1.48. The van der Waals surface area contributed by atoms with Crippen molar-refractivity contribution < 1.29 is 29.2 Å². The Morgan fingerprint density at radius 1 is 1.32 bits per heavy atom. The van der Waals surface area contributed by atoms with Gasteiger partial charge in [-0.1, -0.05) is 0 Å². The molecule has 0 saturated carbocycles. The van der Waals surface area contributed by atoms with Crippen LogP contribution in [0.2, 0.25) is 0 Å². The minimum absolute atomic E-state index is 0.00736. The molecule has 0 aromatic heterocycles. The lowest BCUT2D eigenvalue weighted by molar-refractivity contribution is -0.142. The van der Waals surface area contributed by atoms with E-state index in [2.05, 4.69) is 9.84 Å². The molecular weight excluding hydrogens is 273 g/mol. The van der Waals surface area contributed by atoms with E-state index in [9.17, 15) is 9.59 Å². The maximum absolute atomic E-state index is 10.6. The van der Waals surface area contributed by atoms with Gasteiger partial charge in [0.05, 0.1) is 5.92 Å². The van der Waals surface area contributed by atoms with E-state index in [1.165, 1.54) is 33.0 Å². The van der Waals surface area contributed by atoms with Crippen LogP contribution >= 0.6 is 8.38 Å². The number of hydrogen-bond donors (Lipinski definition) is 4. The average Bonchev–Trinajstić information content (AvgIpc) is 2.92. The van der Waals surface area contributed by atoms with Crippen LogP contribution in [0.4, 0.5) is 0 Å². The number of rotatable bonds is 7. The first-order valence-electron chi connectivity index (χ1n) is 6.13. The molecule has 1 saturated heterocycles. The third kappa shape index (κ3) is 10.8. The van der Waals surface area contributed by atoms with Gasteiger partial charge in [-0.25, -0.2) is 0 Å². The summed E-state index contributed by atoms with van der Waals surface area (Å²) >= 11 is 0. The standard InChI is InChI=1S/C7H13O6P.C4H9N/c1-13-14(12)4-5(7(10)11)2-3-6(8)9;1-2-4-5-3-1/h5,12H,2-4H2,1H3,(H,8,9)(H,10,11);5H,1-4H2. The second-order valence-corrected chi connectivity index (χ2v) is 5.58. The highest BCUT2D eigenvalue weighted by Gasteiger charge is 2.22. The zero-order valence-electron chi connectivity index (χ0n) is 11.0. The number of carbonyl (C=O) groups is 2. The average molecular weight is 295 g/mol. The van der Waals surface area contributed by atoms with E-state index in [1.807, 2.05) is 0 Å². The third-order valence-electron chi connectivity index (χ3n) is 2.60. The topological polar surface area (TPSA) is 116 Å². The highest BCUT2D eigenvalue weighted by Crippen LogP contribution is 2.33.